The predicted molar refractivity (Wildman–Crippen MR) is 108 cm³/mol. The maximum atomic E-state index is 13.2. The largest absolute Gasteiger partial charge is 0.274 e. The lowest BCUT2D eigenvalue weighted by Crippen LogP contribution is -2.43. The van der Waals surface area contributed by atoms with Gasteiger partial charge < -0.3 is 0 Å². The topological polar surface area (TPSA) is 51.0 Å². The van der Waals surface area contributed by atoms with Crippen LogP contribution in [0.3, 0.4) is 0 Å². The summed E-state index contributed by atoms with van der Waals surface area (Å²) in [5.41, 5.74) is 3.46. The Morgan fingerprint density at radius 3 is 2.32 bits per heavy atom. The first kappa shape index (κ1) is 17.4. The Kier molecular flexibility index (Phi) is 4.20. The van der Waals surface area contributed by atoms with Gasteiger partial charge in [-0.1, -0.05) is 53.6 Å². The molecule has 142 valence electrons. The standard InChI is InChI=1S/C22H21ClN4O/c1-14-2-4-15(5-3-14)19-12-20(16-8-10-18(23)11-9-16)27-22(24-13-25-27)26(19)21(28)17-6-7-17/h2-5,8-11,13,17,19-20H,6-7,12H2,1H3/t19-,20-/m1/s1. The number of carbonyl (C=O) groups is 1. The fraction of sp³-hybridized carbons (Fsp3) is 0.318. The molecular weight excluding hydrogens is 372 g/mol. The summed E-state index contributed by atoms with van der Waals surface area (Å²) in [6, 6.07) is 16.3. The first-order valence-corrected chi connectivity index (χ1v) is 10.0. The molecule has 0 spiro atoms. The number of rotatable bonds is 3. The summed E-state index contributed by atoms with van der Waals surface area (Å²) in [6.45, 7) is 2.07. The predicted octanol–water partition coefficient (Wildman–Crippen LogP) is 4.72. The van der Waals surface area contributed by atoms with E-state index in [4.69, 9.17) is 11.6 Å². The van der Waals surface area contributed by atoms with Crippen molar-refractivity contribution in [3.63, 3.8) is 0 Å². The summed E-state index contributed by atoms with van der Waals surface area (Å²) in [6.07, 6.45) is 4.22. The number of anilines is 1. The second kappa shape index (κ2) is 6.74. The molecule has 2 aromatic carbocycles. The Hall–Kier alpha value is -2.66. The molecule has 3 aromatic rings. The molecule has 0 unspecified atom stereocenters. The van der Waals surface area contributed by atoms with Gasteiger partial charge in [0, 0.05) is 10.9 Å². The molecule has 28 heavy (non-hydrogen) atoms. The van der Waals surface area contributed by atoms with Crippen molar-refractivity contribution in [2.24, 2.45) is 5.92 Å². The van der Waals surface area contributed by atoms with Crippen LogP contribution in [0.5, 0.6) is 0 Å². The van der Waals surface area contributed by atoms with Crippen molar-refractivity contribution >= 4 is 23.5 Å². The van der Waals surface area contributed by atoms with E-state index in [1.165, 1.54) is 5.56 Å². The van der Waals surface area contributed by atoms with Crippen LogP contribution in [0, 0.1) is 12.8 Å². The highest BCUT2D eigenvalue weighted by molar-refractivity contribution is 6.30. The van der Waals surface area contributed by atoms with Crippen molar-refractivity contribution in [3.05, 3.63) is 76.6 Å². The number of hydrogen-bond donors (Lipinski definition) is 0. The molecule has 0 radical (unpaired) electrons. The van der Waals surface area contributed by atoms with E-state index in [0.29, 0.717) is 11.0 Å². The molecule has 0 N–H and O–H groups in total. The summed E-state index contributed by atoms with van der Waals surface area (Å²) >= 11 is 6.09. The van der Waals surface area contributed by atoms with Gasteiger partial charge in [-0.25, -0.2) is 4.68 Å². The van der Waals surface area contributed by atoms with E-state index in [9.17, 15) is 4.79 Å². The van der Waals surface area contributed by atoms with E-state index < -0.39 is 0 Å². The molecule has 5 nitrogen and oxygen atoms in total. The summed E-state index contributed by atoms with van der Waals surface area (Å²) in [4.78, 5) is 19.6. The summed E-state index contributed by atoms with van der Waals surface area (Å²) < 4.78 is 1.88. The number of carbonyl (C=O) groups excluding carboxylic acids is 1. The SMILES string of the molecule is Cc1ccc([C@H]2C[C@H](c3ccc(Cl)cc3)n3ncnc3N2C(=O)C2CC2)cc1. The fourth-order valence-corrected chi connectivity index (χ4v) is 4.13. The van der Waals surface area contributed by atoms with E-state index >= 15 is 0 Å². The Morgan fingerprint density at radius 1 is 1.00 bits per heavy atom. The smallest absolute Gasteiger partial charge is 0.233 e. The zero-order valence-corrected chi connectivity index (χ0v) is 16.4. The number of amides is 1. The molecular formula is C22H21ClN4O. The van der Waals surface area contributed by atoms with Crippen molar-refractivity contribution in [1.29, 1.82) is 0 Å². The molecule has 5 rings (SSSR count). The summed E-state index contributed by atoms with van der Waals surface area (Å²) in [5.74, 6) is 0.910. The quantitative estimate of drug-likeness (QED) is 0.648. The molecule has 0 bridgehead atoms. The second-order valence-electron chi connectivity index (χ2n) is 7.72. The number of halogens is 1. The Labute approximate surface area is 169 Å². The lowest BCUT2D eigenvalue weighted by atomic mass is 9.91. The Bertz CT molecular complexity index is 1010. The number of fused-ring (bicyclic) bond motifs is 1. The minimum absolute atomic E-state index is 0.00400. The normalized spacial score (nSPS) is 21.4. The third kappa shape index (κ3) is 3.00. The molecule has 6 heteroatoms. The molecule has 1 amide bonds. The molecule has 1 saturated carbocycles. The van der Waals surface area contributed by atoms with Crippen molar-refractivity contribution in [1.82, 2.24) is 14.8 Å². The van der Waals surface area contributed by atoms with Crippen LogP contribution in [0.1, 0.15) is 48.0 Å². The minimum Gasteiger partial charge on any atom is -0.274 e. The zero-order valence-electron chi connectivity index (χ0n) is 15.6. The van der Waals surface area contributed by atoms with Crippen LogP contribution in [0.15, 0.2) is 54.9 Å². The van der Waals surface area contributed by atoms with Crippen LogP contribution in [-0.4, -0.2) is 20.7 Å². The number of nitrogens with zero attached hydrogens (tertiary/aromatic N) is 4. The van der Waals surface area contributed by atoms with E-state index in [1.807, 2.05) is 33.8 Å². The fourth-order valence-electron chi connectivity index (χ4n) is 4.01. The van der Waals surface area contributed by atoms with E-state index in [0.717, 1.165) is 30.4 Å². The van der Waals surface area contributed by atoms with Gasteiger partial charge in [-0.05, 0) is 49.4 Å². The number of aromatic nitrogens is 3. The molecule has 1 aliphatic heterocycles. The van der Waals surface area contributed by atoms with Gasteiger partial charge >= 0.3 is 0 Å². The number of aryl methyl sites for hydroxylation is 1. The molecule has 2 atom stereocenters. The van der Waals surface area contributed by atoms with Crippen LogP contribution in [0.25, 0.3) is 0 Å². The Balaban J connectivity index is 1.62. The van der Waals surface area contributed by atoms with Crippen LogP contribution in [0.4, 0.5) is 5.95 Å². The van der Waals surface area contributed by atoms with E-state index in [-0.39, 0.29) is 23.9 Å². The zero-order chi connectivity index (χ0) is 19.3. The molecule has 0 saturated heterocycles. The molecule has 1 aromatic heterocycles. The third-order valence-electron chi connectivity index (χ3n) is 5.70. The molecule has 1 fully saturated rings. The monoisotopic (exact) mass is 392 g/mol. The highest BCUT2D eigenvalue weighted by Crippen LogP contribution is 2.44. The van der Waals surface area contributed by atoms with Crippen molar-refractivity contribution < 1.29 is 4.79 Å². The average molecular weight is 393 g/mol. The van der Waals surface area contributed by atoms with Crippen LogP contribution in [-0.2, 0) is 4.79 Å². The highest BCUT2D eigenvalue weighted by atomic mass is 35.5. The van der Waals surface area contributed by atoms with Crippen LogP contribution in [0.2, 0.25) is 5.02 Å². The van der Waals surface area contributed by atoms with Gasteiger partial charge in [0.15, 0.2) is 0 Å². The molecule has 1 aliphatic carbocycles. The minimum atomic E-state index is -0.0638. The van der Waals surface area contributed by atoms with Crippen molar-refractivity contribution in [2.75, 3.05) is 4.90 Å². The average Bonchev–Trinajstić information content (AvgIpc) is 3.44. The van der Waals surface area contributed by atoms with Gasteiger partial charge in [-0.3, -0.25) is 9.69 Å². The summed E-state index contributed by atoms with van der Waals surface area (Å²) in [5, 5.41) is 5.18. The van der Waals surface area contributed by atoms with Crippen molar-refractivity contribution in [3.8, 4) is 0 Å². The van der Waals surface area contributed by atoms with E-state index in [1.54, 1.807) is 6.33 Å². The second-order valence-corrected chi connectivity index (χ2v) is 8.15. The Morgan fingerprint density at radius 2 is 1.64 bits per heavy atom. The third-order valence-corrected chi connectivity index (χ3v) is 5.96. The maximum absolute atomic E-state index is 13.2. The van der Waals surface area contributed by atoms with E-state index in [2.05, 4.69) is 41.3 Å². The highest BCUT2D eigenvalue weighted by Gasteiger charge is 2.44. The number of hydrogen-bond acceptors (Lipinski definition) is 3. The first-order chi connectivity index (χ1) is 13.6. The van der Waals surface area contributed by atoms with Crippen LogP contribution < -0.4 is 4.90 Å². The molecule has 2 heterocycles. The van der Waals surface area contributed by atoms with Gasteiger partial charge in [-0.2, -0.15) is 10.1 Å². The molecule has 2 aliphatic rings. The van der Waals surface area contributed by atoms with Crippen molar-refractivity contribution in [2.45, 2.75) is 38.3 Å². The first-order valence-electron chi connectivity index (χ1n) is 9.66. The van der Waals surface area contributed by atoms with Gasteiger partial charge in [0.25, 0.3) is 0 Å². The lowest BCUT2D eigenvalue weighted by molar-refractivity contribution is -0.120. The number of benzene rings is 2. The lowest BCUT2D eigenvalue weighted by Gasteiger charge is -2.39. The van der Waals surface area contributed by atoms with Gasteiger partial charge in [0.2, 0.25) is 11.9 Å². The maximum Gasteiger partial charge on any atom is 0.233 e. The van der Waals surface area contributed by atoms with Gasteiger partial charge in [-0.15, -0.1) is 0 Å². The summed E-state index contributed by atoms with van der Waals surface area (Å²) in [7, 11) is 0. The van der Waals surface area contributed by atoms with Gasteiger partial charge in [0.1, 0.15) is 6.33 Å². The van der Waals surface area contributed by atoms with Crippen LogP contribution >= 0.6 is 11.6 Å². The van der Waals surface area contributed by atoms with Gasteiger partial charge in [0.05, 0.1) is 12.1 Å².